The van der Waals surface area contributed by atoms with Gasteiger partial charge < -0.3 is 30.4 Å². The number of nitrogens with zero attached hydrogens (tertiary/aromatic N) is 4. The van der Waals surface area contributed by atoms with Crippen molar-refractivity contribution in [2.45, 2.75) is 56.6 Å². The maximum atomic E-state index is 11.1. The number of imidazole rings is 1. The average molecular weight is 561 g/mol. The van der Waals surface area contributed by atoms with Crippen LogP contribution in [0.1, 0.15) is 24.1 Å². The smallest absolute Gasteiger partial charge is 0.320 e. The maximum Gasteiger partial charge on any atom is 0.320 e. The number of aryl methyl sites for hydroxylation is 1. The van der Waals surface area contributed by atoms with Gasteiger partial charge in [0.15, 0.2) is 5.82 Å². The molecule has 11 nitrogen and oxygen atoms in total. The number of carboxylic acid groups (broad SMARTS) is 1. The Kier molecular flexibility index (Phi) is 8.60. The Morgan fingerprint density at radius 2 is 1.73 bits per heavy atom. The molecule has 0 aliphatic heterocycles. The van der Waals surface area contributed by atoms with E-state index in [0.717, 1.165) is 46.3 Å². The summed E-state index contributed by atoms with van der Waals surface area (Å²) in [6.07, 6.45) is 3.16. The molecule has 4 N–H and O–H groups in total. The van der Waals surface area contributed by atoms with Crippen LogP contribution < -0.4 is 11.1 Å². The average Bonchev–Trinajstić information content (AvgIpc) is 3.32. The molecule has 1 aliphatic rings. The molecular weight excluding hydrogens is 524 g/mol. The Balaban J connectivity index is 1.40. The zero-order valence-electron chi connectivity index (χ0n) is 23.7. The van der Waals surface area contributed by atoms with Crippen molar-refractivity contribution in [1.82, 2.24) is 19.6 Å². The number of benzene rings is 2. The number of hydrogen-bond donors (Lipinski definition) is 3. The Hall–Kier alpha value is -3.90. The van der Waals surface area contributed by atoms with Gasteiger partial charge >= 0.3 is 5.97 Å². The topological polar surface area (TPSA) is 146 Å². The number of methoxy groups -OCH3 is 3. The molecule has 0 saturated heterocycles. The summed E-state index contributed by atoms with van der Waals surface area (Å²) in [5, 5.41) is 17.4. The number of rotatable bonds is 10. The van der Waals surface area contributed by atoms with E-state index in [1.54, 1.807) is 27.5 Å². The van der Waals surface area contributed by atoms with Crippen LogP contribution in [0.3, 0.4) is 0 Å². The fourth-order valence-corrected chi connectivity index (χ4v) is 5.52. The summed E-state index contributed by atoms with van der Waals surface area (Å²) in [4.78, 5) is 20.5. The van der Waals surface area contributed by atoms with E-state index in [4.69, 9.17) is 35.1 Å². The molecular formula is C30H36N6O5. The molecule has 0 spiro atoms. The van der Waals surface area contributed by atoms with Crippen LogP contribution in [0.5, 0.6) is 0 Å². The van der Waals surface area contributed by atoms with Gasteiger partial charge in [-0.2, -0.15) is 0 Å². The van der Waals surface area contributed by atoms with Crippen LogP contribution in [0.4, 0.5) is 5.95 Å². The van der Waals surface area contributed by atoms with Crippen LogP contribution in [0.15, 0.2) is 54.7 Å². The molecule has 1 fully saturated rings. The summed E-state index contributed by atoms with van der Waals surface area (Å²) in [5.74, 6) is 0.192. The van der Waals surface area contributed by atoms with Crippen molar-refractivity contribution in [2.75, 3.05) is 26.6 Å². The third-order valence-corrected chi connectivity index (χ3v) is 7.74. The number of aromatic nitrogens is 4. The minimum atomic E-state index is -1.01. The lowest BCUT2D eigenvalue weighted by Gasteiger charge is -2.39. The lowest BCUT2D eigenvalue weighted by atomic mass is 9.87. The lowest BCUT2D eigenvalue weighted by molar-refractivity contribution is -0.138. The predicted molar refractivity (Wildman–Crippen MR) is 155 cm³/mol. The number of hydrogen-bond acceptors (Lipinski definition) is 9. The van der Waals surface area contributed by atoms with Crippen molar-refractivity contribution >= 4 is 17.4 Å². The first-order valence-electron chi connectivity index (χ1n) is 13.6. The number of carboxylic acids is 1. The number of anilines is 1. The van der Waals surface area contributed by atoms with Crippen molar-refractivity contribution in [3.8, 4) is 22.5 Å². The number of carbonyl (C=O) groups is 1. The van der Waals surface area contributed by atoms with Crippen LogP contribution in [0.2, 0.25) is 0 Å². The third-order valence-electron chi connectivity index (χ3n) is 7.74. The van der Waals surface area contributed by atoms with E-state index in [2.05, 4.69) is 16.4 Å². The summed E-state index contributed by atoms with van der Waals surface area (Å²) in [7, 11) is 5.05. The van der Waals surface area contributed by atoms with Gasteiger partial charge in [-0.05, 0) is 48.9 Å². The molecule has 0 bridgehead atoms. The standard InChI is InChI=1S/C30H36N6O5/c1-17-24-16-32-30(34-22-14-25(39-2)27(41-4)26(15-22)40-3)35-36(24)28(33-17)21-7-5-6-20(13-21)19-10-8-18(9-11-19)12-23(31)29(37)38/h5-11,13,16,22-23,25-27H,12,14-15,31H2,1-4H3,(H,34,35)(H,37,38). The van der Waals surface area contributed by atoms with E-state index in [-0.39, 0.29) is 30.8 Å². The molecule has 216 valence electrons. The Morgan fingerprint density at radius 3 is 2.37 bits per heavy atom. The van der Waals surface area contributed by atoms with Gasteiger partial charge in [0.2, 0.25) is 5.95 Å². The number of nitrogens with one attached hydrogen (secondary N) is 1. The first-order valence-corrected chi connectivity index (χ1v) is 13.6. The maximum absolute atomic E-state index is 11.1. The Morgan fingerprint density at radius 1 is 1.05 bits per heavy atom. The fraction of sp³-hybridized carbons (Fsp3) is 0.400. The van der Waals surface area contributed by atoms with Crippen LogP contribution in [0.25, 0.3) is 28.0 Å². The van der Waals surface area contributed by atoms with E-state index in [9.17, 15) is 4.79 Å². The molecule has 3 atom stereocenters. The van der Waals surface area contributed by atoms with Crippen molar-refractivity contribution in [3.63, 3.8) is 0 Å². The van der Waals surface area contributed by atoms with E-state index in [1.165, 1.54) is 0 Å². The van der Waals surface area contributed by atoms with Crippen molar-refractivity contribution in [2.24, 2.45) is 5.73 Å². The molecule has 41 heavy (non-hydrogen) atoms. The van der Waals surface area contributed by atoms with Crippen LogP contribution in [-0.2, 0) is 25.4 Å². The monoisotopic (exact) mass is 560 g/mol. The van der Waals surface area contributed by atoms with Gasteiger partial charge in [0, 0.05) is 32.9 Å². The number of nitrogens with two attached hydrogens (primary N) is 1. The zero-order chi connectivity index (χ0) is 29.1. The highest BCUT2D eigenvalue weighted by Crippen LogP contribution is 2.30. The van der Waals surface area contributed by atoms with Gasteiger partial charge in [-0.15, -0.1) is 5.10 Å². The number of fused-ring (bicyclic) bond motifs is 1. The van der Waals surface area contributed by atoms with E-state index < -0.39 is 12.0 Å². The molecule has 0 radical (unpaired) electrons. The third kappa shape index (κ3) is 6.08. The molecule has 0 amide bonds. The summed E-state index contributed by atoms with van der Waals surface area (Å²) < 4.78 is 18.9. The molecule has 1 saturated carbocycles. The summed E-state index contributed by atoms with van der Waals surface area (Å²) in [6.45, 7) is 1.94. The van der Waals surface area contributed by atoms with Gasteiger partial charge in [-0.1, -0.05) is 42.5 Å². The molecule has 2 heterocycles. The van der Waals surface area contributed by atoms with Gasteiger partial charge in [0.25, 0.3) is 0 Å². The number of ether oxygens (including phenoxy) is 3. The van der Waals surface area contributed by atoms with Crippen molar-refractivity contribution in [3.05, 3.63) is 66.0 Å². The van der Waals surface area contributed by atoms with E-state index >= 15 is 0 Å². The van der Waals surface area contributed by atoms with E-state index in [1.807, 2.05) is 53.9 Å². The lowest BCUT2D eigenvalue weighted by Crippen LogP contribution is -2.51. The fourth-order valence-electron chi connectivity index (χ4n) is 5.52. The van der Waals surface area contributed by atoms with Gasteiger partial charge in [-0.3, -0.25) is 4.79 Å². The quantitative estimate of drug-likeness (QED) is 0.264. The minimum Gasteiger partial charge on any atom is -0.480 e. The van der Waals surface area contributed by atoms with Gasteiger partial charge in [-0.25, -0.2) is 14.5 Å². The van der Waals surface area contributed by atoms with Crippen molar-refractivity contribution < 1.29 is 24.1 Å². The second kappa shape index (κ2) is 12.3. The molecule has 5 rings (SSSR count). The molecule has 3 unspecified atom stereocenters. The highest BCUT2D eigenvalue weighted by atomic mass is 16.6. The summed E-state index contributed by atoms with van der Waals surface area (Å²) >= 11 is 0. The normalized spacial score (nSPS) is 21.6. The Bertz CT molecular complexity index is 1490. The second-order valence-electron chi connectivity index (χ2n) is 10.4. The first-order chi connectivity index (χ1) is 19.8. The van der Waals surface area contributed by atoms with Crippen LogP contribution in [0, 0.1) is 6.92 Å². The molecule has 11 heteroatoms. The zero-order valence-corrected chi connectivity index (χ0v) is 23.7. The van der Waals surface area contributed by atoms with Gasteiger partial charge in [0.05, 0.1) is 24.1 Å². The van der Waals surface area contributed by atoms with Gasteiger partial charge in [0.1, 0.15) is 17.7 Å². The highest BCUT2D eigenvalue weighted by Gasteiger charge is 2.39. The predicted octanol–water partition coefficient (Wildman–Crippen LogP) is 3.34. The SMILES string of the molecule is COC1CC(Nc2ncc3c(C)nc(-c4cccc(-c5ccc(CC(N)C(=O)O)cc5)c4)n3n2)CC(OC)C1OC. The molecule has 2 aromatic carbocycles. The number of aliphatic carboxylic acids is 1. The second-order valence-corrected chi connectivity index (χ2v) is 10.4. The first kappa shape index (κ1) is 28.6. The van der Waals surface area contributed by atoms with E-state index in [0.29, 0.717) is 11.8 Å². The summed E-state index contributed by atoms with van der Waals surface area (Å²) in [6, 6.07) is 15.0. The molecule has 4 aromatic rings. The highest BCUT2D eigenvalue weighted by molar-refractivity contribution is 5.74. The van der Waals surface area contributed by atoms with Crippen molar-refractivity contribution in [1.29, 1.82) is 0 Å². The summed E-state index contributed by atoms with van der Waals surface area (Å²) in [5.41, 5.74) is 11.1. The molecule has 2 aromatic heterocycles. The van der Waals surface area contributed by atoms with Crippen LogP contribution >= 0.6 is 0 Å². The van der Waals surface area contributed by atoms with Crippen LogP contribution in [-0.4, -0.2) is 82.4 Å². The molecule has 1 aliphatic carbocycles. The largest absolute Gasteiger partial charge is 0.480 e. The Labute approximate surface area is 238 Å². The minimum absolute atomic E-state index is 0.0400.